The predicted octanol–water partition coefficient (Wildman–Crippen LogP) is 3.09. The van der Waals surface area contributed by atoms with Crippen LogP contribution in [0.4, 0.5) is 0 Å². The lowest BCUT2D eigenvalue weighted by Crippen LogP contribution is -2.27. The molecule has 0 aliphatic rings. The Labute approximate surface area is 125 Å². The van der Waals surface area contributed by atoms with Crippen LogP contribution in [0.25, 0.3) is 11.0 Å². The van der Waals surface area contributed by atoms with Crippen LogP contribution in [0.15, 0.2) is 51.0 Å². The van der Waals surface area contributed by atoms with Gasteiger partial charge in [-0.05, 0) is 36.1 Å². The van der Waals surface area contributed by atoms with E-state index in [0.29, 0.717) is 12.1 Å². The zero-order valence-corrected chi connectivity index (χ0v) is 12.2. The lowest BCUT2D eigenvalue weighted by atomic mass is 10.2. The number of para-hydroxylation sites is 1. The molecule has 3 rings (SSSR count). The topological polar surface area (TPSA) is 59.3 Å². The molecule has 1 N–H and O–H groups in total. The smallest absolute Gasteiger partial charge is 0.349 e. The third-order valence-corrected chi connectivity index (χ3v) is 4.29. The fourth-order valence-electron chi connectivity index (χ4n) is 2.06. The Morgan fingerprint density at radius 2 is 2.10 bits per heavy atom. The maximum absolute atomic E-state index is 12.1. The molecule has 0 atom stereocenters. The molecule has 2 heterocycles. The molecule has 0 aliphatic heterocycles. The number of amides is 1. The maximum Gasteiger partial charge on any atom is 0.349 e. The normalized spacial score (nSPS) is 10.7. The van der Waals surface area contributed by atoms with Gasteiger partial charge in [0.15, 0.2) is 0 Å². The molecule has 4 nitrogen and oxygen atoms in total. The van der Waals surface area contributed by atoms with E-state index in [-0.39, 0.29) is 5.56 Å². The molecule has 0 saturated carbocycles. The SMILES string of the molecule is Cc1ccsc1CNC(=O)c1cc2ccccc2oc1=O. The van der Waals surface area contributed by atoms with Crippen LogP contribution in [0.2, 0.25) is 0 Å². The van der Waals surface area contributed by atoms with Crippen LogP contribution in [0.3, 0.4) is 0 Å². The van der Waals surface area contributed by atoms with Gasteiger partial charge in [-0.15, -0.1) is 11.3 Å². The van der Waals surface area contributed by atoms with Gasteiger partial charge in [-0.1, -0.05) is 18.2 Å². The fourth-order valence-corrected chi connectivity index (χ4v) is 2.91. The molecular weight excluding hydrogens is 286 g/mol. The molecule has 21 heavy (non-hydrogen) atoms. The van der Waals surface area contributed by atoms with Crippen molar-refractivity contribution >= 4 is 28.2 Å². The average Bonchev–Trinajstić information content (AvgIpc) is 2.89. The zero-order chi connectivity index (χ0) is 14.8. The number of thiophene rings is 1. The first-order valence-corrected chi connectivity index (χ1v) is 7.37. The van der Waals surface area contributed by atoms with Crippen molar-refractivity contribution in [2.45, 2.75) is 13.5 Å². The van der Waals surface area contributed by atoms with Crippen molar-refractivity contribution in [1.82, 2.24) is 5.32 Å². The van der Waals surface area contributed by atoms with E-state index in [0.717, 1.165) is 15.8 Å². The Morgan fingerprint density at radius 3 is 2.86 bits per heavy atom. The molecule has 1 amide bonds. The van der Waals surface area contributed by atoms with Crippen molar-refractivity contribution in [2.24, 2.45) is 0 Å². The number of rotatable bonds is 3. The number of carbonyl (C=O) groups is 1. The van der Waals surface area contributed by atoms with E-state index in [1.807, 2.05) is 24.4 Å². The molecule has 0 fully saturated rings. The molecule has 0 bridgehead atoms. The molecule has 0 aliphatic carbocycles. The minimum atomic E-state index is -0.617. The van der Waals surface area contributed by atoms with Crippen molar-refractivity contribution in [3.05, 3.63) is 68.2 Å². The van der Waals surface area contributed by atoms with Crippen molar-refractivity contribution in [3.8, 4) is 0 Å². The molecule has 2 aromatic heterocycles. The monoisotopic (exact) mass is 299 g/mol. The number of hydrogen-bond acceptors (Lipinski definition) is 4. The third kappa shape index (κ3) is 2.73. The van der Waals surface area contributed by atoms with E-state index in [1.165, 1.54) is 0 Å². The second kappa shape index (κ2) is 5.54. The molecular formula is C16H13NO3S. The molecule has 1 aromatic carbocycles. The number of aryl methyl sites for hydroxylation is 1. The number of hydrogen-bond donors (Lipinski definition) is 1. The first-order valence-electron chi connectivity index (χ1n) is 6.49. The van der Waals surface area contributed by atoms with Gasteiger partial charge < -0.3 is 9.73 Å². The quantitative estimate of drug-likeness (QED) is 0.756. The highest BCUT2D eigenvalue weighted by Gasteiger charge is 2.13. The summed E-state index contributed by atoms with van der Waals surface area (Å²) in [4.78, 5) is 25.1. The maximum atomic E-state index is 12.1. The minimum absolute atomic E-state index is 0.0305. The lowest BCUT2D eigenvalue weighted by molar-refractivity contribution is 0.0948. The van der Waals surface area contributed by atoms with Crippen molar-refractivity contribution in [1.29, 1.82) is 0 Å². The van der Waals surface area contributed by atoms with Gasteiger partial charge in [0.1, 0.15) is 11.1 Å². The van der Waals surface area contributed by atoms with Crippen LogP contribution in [0, 0.1) is 6.92 Å². The van der Waals surface area contributed by atoms with Gasteiger partial charge in [-0.2, -0.15) is 0 Å². The summed E-state index contributed by atoms with van der Waals surface area (Å²) in [6.45, 7) is 2.40. The summed E-state index contributed by atoms with van der Waals surface area (Å²) in [6.07, 6.45) is 0. The average molecular weight is 299 g/mol. The Bertz CT molecular complexity index is 863. The van der Waals surface area contributed by atoms with Crippen LogP contribution in [-0.4, -0.2) is 5.91 Å². The van der Waals surface area contributed by atoms with E-state index in [9.17, 15) is 9.59 Å². The number of fused-ring (bicyclic) bond motifs is 1. The zero-order valence-electron chi connectivity index (χ0n) is 11.4. The molecule has 0 saturated heterocycles. The van der Waals surface area contributed by atoms with Gasteiger partial charge in [0.25, 0.3) is 5.91 Å². The van der Waals surface area contributed by atoms with Crippen LogP contribution < -0.4 is 10.9 Å². The molecule has 0 unspecified atom stereocenters. The number of benzene rings is 1. The Morgan fingerprint density at radius 1 is 1.29 bits per heavy atom. The Balaban J connectivity index is 1.86. The lowest BCUT2D eigenvalue weighted by Gasteiger charge is -2.05. The summed E-state index contributed by atoms with van der Waals surface area (Å²) in [6, 6.07) is 10.7. The summed E-state index contributed by atoms with van der Waals surface area (Å²) in [5.41, 5.74) is 1.02. The Hall–Kier alpha value is -2.40. The summed E-state index contributed by atoms with van der Waals surface area (Å²) >= 11 is 1.58. The van der Waals surface area contributed by atoms with Crippen molar-refractivity contribution in [2.75, 3.05) is 0 Å². The summed E-state index contributed by atoms with van der Waals surface area (Å²) in [5, 5.41) is 5.46. The fraction of sp³-hybridized carbons (Fsp3) is 0.125. The van der Waals surface area contributed by atoms with E-state index in [1.54, 1.807) is 35.6 Å². The van der Waals surface area contributed by atoms with Crippen LogP contribution >= 0.6 is 11.3 Å². The van der Waals surface area contributed by atoms with Gasteiger partial charge in [-0.25, -0.2) is 4.79 Å². The summed E-state index contributed by atoms with van der Waals surface area (Å²) < 4.78 is 5.16. The second-order valence-electron chi connectivity index (χ2n) is 4.69. The first-order chi connectivity index (χ1) is 10.1. The molecule has 106 valence electrons. The highest BCUT2D eigenvalue weighted by atomic mass is 32.1. The number of carbonyl (C=O) groups excluding carboxylic acids is 1. The van der Waals surface area contributed by atoms with E-state index < -0.39 is 11.5 Å². The second-order valence-corrected chi connectivity index (χ2v) is 5.70. The molecule has 0 spiro atoms. The van der Waals surface area contributed by atoms with Crippen molar-refractivity contribution < 1.29 is 9.21 Å². The largest absolute Gasteiger partial charge is 0.422 e. The van der Waals surface area contributed by atoms with Crippen molar-refractivity contribution in [3.63, 3.8) is 0 Å². The van der Waals surface area contributed by atoms with Gasteiger partial charge >= 0.3 is 5.63 Å². The molecule has 0 radical (unpaired) electrons. The summed E-state index contributed by atoms with van der Waals surface area (Å²) in [5.74, 6) is -0.415. The van der Waals surface area contributed by atoms with Gasteiger partial charge in [0.05, 0.1) is 6.54 Å². The van der Waals surface area contributed by atoms with Crippen LogP contribution in [-0.2, 0) is 6.54 Å². The van der Waals surface area contributed by atoms with Crippen LogP contribution in [0.5, 0.6) is 0 Å². The highest BCUT2D eigenvalue weighted by molar-refractivity contribution is 7.10. The van der Waals surface area contributed by atoms with Gasteiger partial charge in [0, 0.05) is 10.3 Å². The highest BCUT2D eigenvalue weighted by Crippen LogP contribution is 2.16. The minimum Gasteiger partial charge on any atom is -0.422 e. The predicted molar refractivity (Wildman–Crippen MR) is 82.7 cm³/mol. The van der Waals surface area contributed by atoms with E-state index in [2.05, 4.69) is 5.32 Å². The third-order valence-electron chi connectivity index (χ3n) is 3.26. The molecule has 5 heteroatoms. The molecule has 3 aromatic rings. The summed E-state index contributed by atoms with van der Waals surface area (Å²) in [7, 11) is 0. The number of nitrogens with one attached hydrogen (secondary N) is 1. The van der Waals surface area contributed by atoms with Gasteiger partial charge in [-0.3, -0.25) is 4.79 Å². The van der Waals surface area contributed by atoms with E-state index >= 15 is 0 Å². The standard InChI is InChI=1S/C16H13NO3S/c1-10-6-7-21-14(10)9-17-15(18)12-8-11-4-2-3-5-13(11)20-16(12)19/h2-8H,9H2,1H3,(H,17,18). The van der Waals surface area contributed by atoms with Gasteiger partial charge in [0.2, 0.25) is 0 Å². The van der Waals surface area contributed by atoms with E-state index in [4.69, 9.17) is 4.42 Å². The van der Waals surface area contributed by atoms with Crippen LogP contribution in [0.1, 0.15) is 20.8 Å². The first kappa shape index (κ1) is 13.6. The Kier molecular flexibility index (Phi) is 3.58.